The summed E-state index contributed by atoms with van der Waals surface area (Å²) in [5.74, 6) is -0.175. The predicted molar refractivity (Wildman–Crippen MR) is 82.9 cm³/mol. The van der Waals surface area contributed by atoms with Crippen molar-refractivity contribution in [1.82, 2.24) is 0 Å². The van der Waals surface area contributed by atoms with E-state index in [4.69, 9.17) is 9.47 Å². The molecule has 4 heteroatoms. The maximum Gasteiger partial charge on any atom is 0.343 e. The molecule has 4 nitrogen and oxygen atoms in total. The maximum absolute atomic E-state index is 12.1. The molecule has 22 heavy (non-hydrogen) atoms. The number of ether oxygens (including phenoxy) is 2. The molecule has 0 aromatic heterocycles. The molecule has 0 bridgehead atoms. The van der Waals surface area contributed by atoms with Crippen LogP contribution in [-0.2, 0) is 4.79 Å². The van der Waals surface area contributed by atoms with Crippen LogP contribution in [0, 0.1) is 5.92 Å². The summed E-state index contributed by atoms with van der Waals surface area (Å²) in [5, 5.41) is 0. The lowest BCUT2D eigenvalue weighted by atomic mass is 10.1. The fourth-order valence-electron chi connectivity index (χ4n) is 1.72. The molecule has 2 rings (SSSR count). The zero-order chi connectivity index (χ0) is 15.9. The topological polar surface area (TPSA) is 52.6 Å². The quantitative estimate of drug-likeness (QED) is 0.621. The van der Waals surface area contributed by atoms with Crippen LogP contribution in [0.5, 0.6) is 11.5 Å². The Labute approximate surface area is 129 Å². The van der Waals surface area contributed by atoms with E-state index in [0.29, 0.717) is 23.5 Å². The number of esters is 2. The second-order valence-electron chi connectivity index (χ2n) is 4.96. The molecular formula is C18H18O4. The normalized spacial score (nSPS) is 11.5. The number of rotatable bonds is 5. The highest BCUT2D eigenvalue weighted by Crippen LogP contribution is 2.18. The first-order valence-electron chi connectivity index (χ1n) is 7.19. The van der Waals surface area contributed by atoms with Gasteiger partial charge in [-0.25, -0.2) is 4.79 Å². The highest BCUT2D eigenvalue weighted by molar-refractivity contribution is 5.91. The van der Waals surface area contributed by atoms with Crippen molar-refractivity contribution in [3.05, 3.63) is 60.2 Å². The molecule has 0 spiro atoms. The SMILES string of the molecule is CCC(C)C(=O)Oc1cccc(C(=O)Oc2ccccc2)c1. The van der Waals surface area contributed by atoms with E-state index in [0.717, 1.165) is 0 Å². The number of carbonyl (C=O) groups excluding carboxylic acids is 2. The van der Waals surface area contributed by atoms with Gasteiger partial charge >= 0.3 is 11.9 Å². The van der Waals surface area contributed by atoms with Crippen LogP contribution < -0.4 is 9.47 Å². The van der Waals surface area contributed by atoms with E-state index in [1.165, 1.54) is 6.07 Å². The van der Waals surface area contributed by atoms with E-state index in [1.54, 1.807) is 49.4 Å². The van der Waals surface area contributed by atoms with Gasteiger partial charge in [0, 0.05) is 0 Å². The van der Waals surface area contributed by atoms with Crippen molar-refractivity contribution in [2.45, 2.75) is 20.3 Å². The van der Waals surface area contributed by atoms with Gasteiger partial charge in [0.15, 0.2) is 0 Å². The zero-order valence-electron chi connectivity index (χ0n) is 12.6. The number of carbonyl (C=O) groups is 2. The van der Waals surface area contributed by atoms with E-state index in [1.807, 2.05) is 13.0 Å². The van der Waals surface area contributed by atoms with Crippen LogP contribution in [0.1, 0.15) is 30.6 Å². The van der Waals surface area contributed by atoms with E-state index in [9.17, 15) is 9.59 Å². The van der Waals surface area contributed by atoms with Crippen LogP contribution >= 0.6 is 0 Å². The number of benzene rings is 2. The predicted octanol–water partition coefficient (Wildman–Crippen LogP) is 3.86. The molecule has 0 aliphatic carbocycles. The highest BCUT2D eigenvalue weighted by atomic mass is 16.5. The van der Waals surface area contributed by atoms with Crippen LogP contribution in [0.2, 0.25) is 0 Å². The second kappa shape index (κ2) is 7.41. The van der Waals surface area contributed by atoms with E-state index in [2.05, 4.69) is 0 Å². The first kappa shape index (κ1) is 15.8. The van der Waals surface area contributed by atoms with Gasteiger partial charge in [0.25, 0.3) is 0 Å². The van der Waals surface area contributed by atoms with E-state index < -0.39 is 5.97 Å². The molecule has 0 saturated carbocycles. The summed E-state index contributed by atoms with van der Waals surface area (Å²) in [6.45, 7) is 3.72. The number of para-hydroxylation sites is 1. The summed E-state index contributed by atoms with van der Waals surface area (Å²) in [7, 11) is 0. The molecule has 0 aliphatic rings. The minimum Gasteiger partial charge on any atom is -0.426 e. The van der Waals surface area contributed by atoms with Gasteiger partial charge in [-0.15, -0.1) is 0 Å². The van der Waals surface area contributed by atoms with Crippen LogP contribution in [0.4, 0.5) is 0 Å². The monoisotopic (exact) mass is 298 g/mol. The molecule has 0 saturated heterocycles. The van der Waals surface area contributed by atoms with Gasteiger partial charge in [0.2, 0.25) is 0 Å². The van der Waals surface area contributed by atoms with Gasteiger partial charge in [-0.3, -0.25) is 4.79 Å². The first-order chi connectivity index (χ1) is 10.6. The minimum atomic E-state index is -0.493. The summed E-state index contributed by atoms with van der Waals surface area (Å²) in [5.41, 5.74) is 0.332. The number of hydrogen-bond acceptors (Lipinski definition) is 4. The Morgan fingerprint density at radius 2 is 1.64 bits per heavy atom. The summed E-state index contributed by atoms with van der Waals surface area (Å²) in [6, 6.07) is 15.2. The average molecular weight is 298 g/mol. The first-order valence-corrected chi connectivity index (χ1v) is 7.19. The Bertz CT molecular complexity index is 649. The Balaban J connectivity index is 2.08. The van der Waals surface area contributed by atoms with Crippen molar-refractivity contribution >= 4 is 11.9 Å². The molecule has 1 atom stereocenters. The summed E-state index contributed by atoms with van der Waals surface area (Å²) in [4.78, 5) is 23.9. The maximum atomic E-state index is 12.1. The standard InChI is InChI=1S/C18H18O4/c1-3-13(2)17(19)22-16-11-7-8-14(12-16)18(20)21-15-9-5-4-6-10-15/h4-13H,3H2,1-2H3. The molecule has 2 aromatic carbocycles. The van der Waals surface area contributed by atoms with Crippen molar-refractivity contribution < 1.29 is 19.1 Å². The van der Waals surface area contributed by atoms with Crippen molar-refractivity contribution in [3.8, 4) is 11.5 Å². The van der Waals surface area contributed by atoms with Gasteiger partial charge in [-0.1, -0.05) is 38.1 Å². The largest absolute Gasteiger partial charge is 0.426 e. The van der Waals surface area contributed by atoms with Gasteiger partial charge in [0.1, 0.15) is 11.5 Å². The summed E-state index contributed by atoms with van der Waals surface area (Å²) in [6.07, 6.45) is 0.703. The van der Waals surface area contributed by atoms with Crippen LogP contribution in [0.25, 0.3) is 0 Å². The molecule has 0 fully saturated rings. The van der Waals surface area contributed by atoms with Crippen molar-refractivity contribution in [2.75, 3.05) is 0 Å². The van der Waals surface area contributed by atoms with Crippen LogP contribution in [-0.4, -0.2) is 11.9 Å². The lowest BCUT2D eigenvalue weighted by Gasteiger charge is -2.10. The molecule has 0 amide bonds. The van der Waals surface area contributed by atoms with E-state index >= 15 is 0 Å². The third-order valence-electron chi connectivity index (χ3n) is 3.26. The Hall–Kier alpha value is -2.62. The molecule has 1 unspecified atom stereocenters. The molecule has 0 aliphatic heterocycles. The van der Waals surface area contributed by atoms with E-state index in [-0.39, 0.29) is 11.9 Å². The molecule has 0 radical (unpaired) electrons. The Morgan fingerprint density at radius 1 is 0.955 bits per heavy atom. The highest BCUT2D eigenvalue weighted by Gasteiger charge is 2.15. The smallest absolute Gasteiger partial charge is 0.343 e. The Morgan fingerprint density at radius 3 is 2.32 bits per heavy atom. The summed E-state index contributed by atoms with van der Waals surface area (Å²) < 4.78 is 10.5. The lowest BCUT2D eigenvalue weighted by Crippen LogP contribution is -2.17. The van der Waals surface area contributed by atoms with Gasteiger partial charge in [0.05, 0.1) is 11.5 Å². The average Bonchev–Trinajstić information content (AvgIpc) is 2.55. The van der Waals surface area contributed by atoms with Crippen molar-refractivity contribution in [1.29, 1.82) is 0 Å². The molecule has 0 N–H and O–H groups in total. The van der Waals surface area contributed by atoms with Gasteiger partial charge in [-0.05, 0) is 36.8 Å². The second-order valence-corrected chi connectivity index (χ2v) is 4.96. The van der Waals surface area contributed by atoms with Gasteiger partial charge in [-0.2, -0.15) is 0 Å². The zero-order valence-corrected chi connectivity index (χ0v) is 12.6. The summed E-state index contributed by atoms with van der Waals surface area (Å²) >= 11 is 0. The number of hydrogen-bond donors (Lipinski definition) is 0. The third kappa shape index (κ3) is 4.19. The van der Waals surface area contributed by atoms with Crippen LogP contribution in [0.15, 0.2) is 54.6 Å². The van der Waals surface area contributed by atoms with Crippen LogP contribution in [0.3, 0.4) is 0 Å². The molecule has 0 heterocycles. The lowest BCUT2D eigenvalue weighted by molar-refractivity contribution is -0.138. The molecular weight excluding hydrogens is 280 g/mol. The molecule has 114 valence electrons. The fourth-order valence-corrected chi connectivity index (χ4v) is 1.72. The van der Waals surface area contributed by atoms with Crippen molar-refractivity contribution in [2.24, 2.45) is 5.92 Å². The minimum absolute atomic E-state index is 0.181. The van der Waals surface area contributed by atoms with Gasteiger partial charge < -0.3 is 9.47 Å². The van der Waals surface area contributed by atoms with Crippen molar-refractivity contribution in [3.63, 3.8) is 0 Å². The Kier molecular flexibility index (Phi) is 5.31. The fraction of sp³-hybridized carbons (Fsp3) is 0.222. The molecule has 2 aromatic rings. The third-order valence-corrected chi connectivity index (χ3v) is 3.26.